The zero-order valence-electron chi connectivity index (χ0n) is 24.3. The van der Waals surface area contributed by atoms with Crippen molar-refractivity contribution in [2.45, 2.75) is 46.8 Å². The molecule has 8 nitrogen and oxygen atoms in total. The van der Waals surface area contributed by atoms with Crippen molar-refractivity contribution in [3.05, 3.63) is 88.6 Å². The number of fused-ring (bicyclic) bond motifs is 2. The van der Waals surface area contributed by atoms with Crippen LogP contribution in [0.1, 0.15) is 47.3 Å². The molecule has 0 spiro atoms. The van der Waals surface area contributed by atoms with Crippen LogP contribution in [-0.4, -0.2) is 33.3 Å². The van der Waals surface area contributed by atoms with E-state index in [1.807, 2.05) is 77.2 Å². The number of esters is 1. The summed E-state index contributed by atoms with van der Waals surface area (Å²) in [6, 6.07) is 19.4. The maximum atomic E-state index is 12.9. The lowest BCUT2D eigenvalue weighted by molar-refractivity contribution is 0.00691. The van der Waals surface area contributed by atoms with E-state index in [1.54, 1.807) is 23.8 Å². The van der Waals surface area contributed by atoms with Crippen LogP contribution in [0.3, 0.4) is 0 Å². The number of carbonyl (C=O) groups is 1. The Morgan fingerprint density at radius 3 is 2.52 bits per heavy atom. The molecule has 0 N–H and O–H groups in total. The Labute approximate surface area is 247 Å². The minimum absolute atomic E-state index is 0.211. The monoisotopic (exact) mass is 581 g/mol. The first-order valence-electron chi connectivity index (χ1n) is 13.6. The van der Waals surface area contributed by atoms with E-state index < -0.39 is 11.6 Å². The van der Waals surface area contributed by atoms with Gasteiger partial charge in [0.1, 0.15) is 40.0 Å². The van der Waals surface area contributed by atoms with E-state index in [1.165, 1.54) is 11.3 Å². The number of hydrogen-bond acceptors (Lipinski definition) is 8. The van der Waals surface area contributed by atoms with Crippen molar-refractivity contribution in [1.82, 2.24) is 14.6 Å². The van der Waals surface area contributed by atoms with Gasteiger partial charge in [0.25, 0.3) is 0 Å². The maximum absolute atomic E-state index is 12.9. The van der Waals surface area contributed by atoms with Gasteiger partial charge in [0.2, 0.25) is 4.96 Å². The minimum Gasteiger partial charge on any atom is -0.497 e. The second-order valence-electron chi connectivity index (χ2n) is 11.2. The molecule has 3 aromatic heterocycles. The molecular formula is C33H31N3O5S. The highest BCUT2D eigenvalue weighted by Gasteiger charge is 2.21. The summed E-state index contributed by atoms with van der Waals surface area (Å²) < 4.78 is 25.7. The van der Waals surface area contributed by atoms with Crippen LogP contribution >= 0.6 is 11.3 Å². The van der Waals surface area contributed by atoms with E-state index in [4.69, 9.17) is 18.6 Å². The van der Waals surface area contributed by atoms with Crippen molar-refractivity contribution >= 4 is 33.2 Å². The van der Waals surface area contributed by atoms with Crippen LogP contribution in [0.25, 0.3) is 38.5 Å². The number of rotatable bonds is 7. The quantitative estimate of drug-likeness (QED) is 0.176. The van der Waals surface area contributed by atoms with E-state index in [9.17, 15) is 4.79 Å². The van der Waals surface area contributed by atoms with Crippen LogP contribution < -0.4 is 9.47 Å². The molecule has 0 fully saturated rings. The Morgan fingerprint density at radius 2 is 1.81 bits per heavy atom. The van der Waals surface area contributed by atoms with Crippen molar-refractivity contribution in [1.29, 1.82) is 0 Å². The number of aryl methyl sites for hydroxylation is 2. The van der Waals surface area contributed by atoms with Gasteiger partial charge in [-0.05, 0) is 70.5 Å². The standard InChI is InChI=1S/C33H31N3O5S/c1-19-7-9-21(10-8-19)25-12-11-22(31(37)41-33(3,4)5)14-28(25)39-18-23-13-24(38-6)15-29-26(23)16-30(40-29)27-17-36-32(34-27)42-20(2)35-36/h7-17H,18H2,1-6H3. The smallest absolute Gasteiger partial charge is 0.338 e. The molecule has 0 atom stereocenters. The van der Waals surface area contributed by atoms with Crippen LogP contribution in [0.5, 0.6) is 11.5 Å². The summed E-state index contributed by atoms with van der Waals surface area (Å²) in [4.78, 5) is 18.4. The summed E-state index contributed by atoms with van der Waals surface area (Å²) in [6.45, 7) is 9.75. The van der Waals surface area contributed by atoms with Crippen LogP contribution in [0.2, 0.25) is 0 Å². The molecule has 0 amide bonds. The van der Waals surface area contributed by atoms with E-state index in [0.717, 1.165) is 37.6 Å². The van der Waals surface area contributed by atoms with Gasteiger partial charge < -0.3 is 18.6 Å². The van der Waals surface area contributed by atoms with Crippen LogP contribution in [0.4, 0.5) is 0 Å². The lowest BCUT2D eigenvalue weighted by atomic mass is 10.0. The Morgan fingerprint density at radius 1 is 1.02 bits per heavy atom. The third-order valence-electron chi connectivity index (χ3n) is 6.69. The number of benzene rings is 3. The summed E-state index contributed by atoms with van der Waals surface area (Å²) in [5, 5.41) is 6.28. The molecule has 6 aromatic rings. The predicted molar refractivity (Wildman–Crippen MR) is 163 cm³/mol. The molecule has 9 heteroatoms. The van der Waals surface area contributed by atoms with Crippen LogP contribution in [0.15, 0.2) is 71.3 Å². The lowest BCUT2D eigenvalue weighted by Crippen LogP contribution is -2.23. The van der Waals surface area contributed by atoms with Gasteiger partial charge >= 0.3 is 5.97 Å². The van der Waals surface area contributed by atoms with Crippen LogP contribution in [-0.2, 0) is 11.3 Å². The summed E-state index contributed by atoms with van der Waals surface area (Å²) in [6.07, 6.45) is 1.86. The molecule has 3 aromatic carbocycles. The number of furan rings is 1. The molecule has 42 heavy (non-hydrogen) atoms. The van der Waals surface area contributed by atoms with E-state index in [2.05, 4.69) is 22.2 Å². The van der Waals surface area contributed by atoms with Gasteiger partial charge in [-0.2, -0.15) is 5.10 Å². The first-order chi connectivity index (χ1) is 20.1. The number of hydrogen-bond donors (Lipinski definition) is 0. The van der Waals surface area contributed by atoms with Crippen molar-refractivity contribution in [2.75, 3.05) is 7.11 Å². The van der Waals surface area contributed by atoms with Crippen molar-refractivity contribution in [3.63, 3.8) is 0 Å². The van der Waals surface area contributed by atoms with E-state index >= 15 is 0 Å². The molecular weight excluding hydrogens is 550 g/mol. The highest BCUT2D eigenvalue weighted by molar-refractivity contribution is 7.16. The molecule has 0 bridgehead atoms. The number of aromatic nitrogens is 3. The first kappa shape index (κ1) is 27.5. The third kappa shape index (κ3) is 5.60. The third-order valence-corrected chi connectivity index (χ3v) is 7.53. The Bertz CT molecular complexity index is 1890. The first-order valence-corrected chi connectivity index (χ1v) is 14.4. The van der Waals surface area contributed by atoms with E-state index in [-0.39, 0.29) is 6.61 Å². The van der Waals surface area contributed by atoms with Gasteiger partial charge in [0.05, 0.1) is 18.9 Å². The number of methoxy groups -OCH3 is 1. The number of ether oxygens (including phenoxy) is 3. The van der Waals surface area contributed by atoms with Crippen molar-refractivity contribution in [3.8, 4) is 34.1 Å². The van der Waals surface area contributed by atoms with Gasteiger partial charge in [-0.1, -0.05) is 41.2 Å². The summed E-state index contributed by atoms with van der Waals surface area (Å²) in [5.74, 6) is 1.43. The fraction of sp³-hybridized carbons (Fsp3) is 0.242. The number of nitrogens with zero attached hydrogens (tertiary/aromatic N) is 3. The fourth-order valence-electron chi connectivity index (χ4n) is 4.70. The average molecular weight is 582 g/mol. The van der Waals surface area contributed by atoms with Gasteiger partial charge in [-0.3, -0.25) is 0 Å². The molecule has 0 radical (unpaired) electrons. The van der Waals surface area contributed by atoms with Crippen molar-refractivity contribution in [2.24, 2.45) is 0 Å². The Hall–Kier alpha value is -4.63. The highest BCUT2D eigenvalue weighted by atomic mass is 32.1. The Kier molecular flexibility index (Phi) is 6.98. The van der Waals surface area contributed by atoms with E-state index in [0.29, 0.717) is 34.1 Å². The molecule has 6 rings (SSSR count). The second-order valence-corrected chi connectivity index (χ2v) is 12.3. The van der Waals surface area contributed by atoms with Gasteiger partial charge in [0, 0.05) is 22.6 Å². The predicted octanol–water partition coefficient (Wildman–Crippen LogP) is 8.03. The summed E-state index contributed by atoms with van der Waals surface area (Å²) in [7, 11) is 1.62. The second kappa shape index (κ2) is 10.6. The normalized spacial score (nSPS) is 11.8. The number of imidazole rings is 1. The Balaban J connectivity index is 1.37. The molecule has 214 valence electrons. The molecule has 0 saturated heterocycles. The van der Waals surface area contributed by atoms with Crippen LogP contribution in [0, 0.1) is 13.8 Å². The van der Waals surface area contributed by atoms with Gasteiger partial charge in [-0.25, -0.2) is 14.3 Å². The molecule has 0 saturated carbocycles. The van der Waals surface area contributed by atoms with Gasteiger partial charge in [0.15, 0.2) is 5.76 Å². The largest absolute Gasteiger partial charge is 0.497 e. The van der Waals surface area contributed by atoms with Gasteiger partial charge in [-0.15, -0.1) is 0 Å². The van der Waals surface area contributed by atoms with Crippen molar-refractivity contribution < 1.29 is 23.4 Å². The zero-order valence-corrected chi connectivity index (χ0v) is 25.2. The summed E-state index contributed by atoms with van der Waals surface area (Å²) in [5.41, 5.74) is 5.04. The molecule has 0 aliphatic heterocycles. The SMILES string of the molecule is COc1cc(COc2cc(C(=O)OC(C)(C)C)ccc2-c2ccc(C)cc2)c2cc(-c3cn4nc(C)sc4n3)oc2c1. The molecule has 0 aliphatic rings. The molecule has 3 heterocycles. The minimum atomic E-state index is -0.613. The molecule has 0 aliphatic carbocycles. The lowest BCUT2D eigenvalue weighted by Gasteiger charge is -2.20. The molecule has 0 unspecified atom stereocenters. The fourth-order valence-corrected chi connectivity index (χ4v) is 5.42. The maximum Gasteiger partial charge on any atom is 0.338 e. The topological polar surface area (TPSA) is 88.1 Å². The number of carbonyl (C=O) groups excluding carboxylic acids is 1. The summed E-state index contributed by atoms with van der Waals surface area (Å²) >= 11 is 1.52. The average Bonchev–Trinajstić information content (AvgIpc) is 3.63. The highest BCUT2D eigenvalue weighted by Crippen LogP contribution is 2.36. The zero-order chi connectivity index (χ0) is 29.6.